The minimum atomic E-state index is -0.547. The summed E-state index contributed by atoms with van der Waals surface area (Å²) in [5.74, 6) is 0.543. The molecule has 0 saturated heterocycles. The molecule has 0 fully saturated rings. The molecule has 1 aromatic rings. The summed E-state index contributed by atoms with van der Waals surface area (Å²) in [5, 5.41) is 16.5. The molecule has 136 valence electrons. The van der Waals surface area contributed by atoms with Gasteiger partial charge in [-0.25, -0.2) is 4.79 Å². The number of carbonyl (C=O) groups is 1. The van der Waals surface area contributed by atoms with Gasteiger partial charge in [-0.05, 0) is 57.9 Å². The number of amides is 2. The van der Waals surface area contributed by atoms with Crippen molar-refractivity contribution < 1.29 is 9.90 Å². The van der Waals surface area contributed by atoms with Gasteiger partial charge in [0.1, 0.15) is 0 Å². The lowest BCUT2D eigenvalue weighted by Crippen LogP contribution is -2.52. The van der Waals surface area contributed by atoms with Gasteiger partial charge in [-0.2, -0.15) is 0 Å². The third-order valence-corrected chi connectivity index (χ3v) is 3.90. The fourth-order valence-corrected chi connectivity index (χ4v) is 2.58. The van der Waals surface area contributed by atoms with Gasteiger partial charge >= 0.3 is 6.03 Å². The standard InChI is InChI=1S/C20H34N2O2/c1-15(2)11-13-17(21-19(24)22-20(3,4)5)18(23)14-12-16-9-7-6-8-10-16/h6-10,15,17-18,23H,11-14H2,1-5H3,(H2,21,22,24). The van der Waals surface area contributed by atoms with E-state index in [9.17, 15) is 9.90 Å². The first-order valence-corrected chi connectivity index (χ1v) is 8.98. The molecule has 0 spiro atoms. The molecule has 1 aromatic carbocycles. The molecular weight excluding hydrogens is 300 g/mol. The first-order chi connectivity index (χ1) is 11.2. The number of carbonyl (C=O) groups excluding carboxylic acids is 1. The number of aliphatic hydroxyl groups is 1. The van der Waals surface area contributed by atoms with Gasteiger partial charge < -0.3 is 15.7 Å². The van der Waals surface area contributed by atoms with Gasteiger partial charge in [-0.1, -0.05) is 44.2 Å². The fraction of sp³-hybridized carbons (Fsp3) is 0.650. The second kappa shape index (κ2) is 9.67. The Bertz CT molecular complexity index is 480. The van der Waals surface area contributed by atoms with Crippen LogP contribution >= 0.6 is 0 Å². The highest BCUT2D eigenvalue weighted by Gasteiger charge is 2.23. The van der Waals surface area contributed by atoms with E-state index in [0.717, 1.165) is 19.3 Å². The van der Waals surface area contributed by atoms with E-state index in [4.69, 9.17) is 0 Å². The molecule has 4 heteroatoms. The average molecular weight is 335 g/mol. The topological polar surface area (TPSA) is 61.4 Å². The molecule has 0 radical (unpaired) electrons. The number of aliphatic hydroxyl groups excluding tert-OH is 1. The van der Waals surface area contributed by atoms with E-state index in [1.165, 1.54) is 5.56 Å². The summed E-state index contributed by atoms with van der Waals surface area (Å²) < 4.78 is 0. The third-order valence-electron chi connectivity index (χ3n) is 3.90. The van der Waals surface area contributed by atoms with E-state index in [1.54, 1.807) is 0 Å². The Morgan fingerprint density at radius 3 is 2.25 bits per heavy atom. The van der Waals surface area contributed by atoms with Crippen LogP contribution in [0.15, 0.2) is 30.3 Å². The molecular formula is C20H34N2O2. The van der Waals surface area contributed by atoms with Crippen LogP contribution in [0.5, 0.6) is 0 Å². The largest absolute Gasteiger partial charge is 0.391 e. The maximum atomic E-state index is 12.2. The molecule has 2 amide bonds. The smallest absolute Gasteiger partial charge is 0.315 e. The lowest BCUT2D eigenvalue weighted by molar-refractivity contribution is 0.113. The van der Waals surface area contributed by atoms with Crippen molar-refractivity contribution in [3.8, 4) is 0 Å². The maximum Gasteiger partial charge on any atom is 0.315 e. The maximum absolute atomic E-state index is 12.2. The zero-order valence-electron chi connectivity index (χ0n) is 15.8. The Labute approximate surface area is 147 Å². The minimum absolute atomic E-state index is 0.213. The lowest BCUT2D eigenvalue weighted by atomic mass is 9.95. The summed E-state index contributed by atoms with van der Waals surface area (Å²) in [6.07, 6.45) is 2.66. The highest BCUT2D eigenvalue weighted by molar-refractivity contribution is 5.75. The second-order valence-electron chi connectivity index (χ2n) is 8.02. The van der Waals surface area contributed by atoms with Crippen molar-refractivity contribution in [2.24, 2.45) is 5.92 Å². The number of urea groups is 1. The average Bonchev–Trinajstić information content (AvgIpc) is 2.48. The van der Waals surface area contributed by atoms with E-state index in [2.05, 4.69) is 36.6 Å². The van der Waals surface area contributed by atoms with Gasteiger partial charge in [0.15, 0.2) is 0 Å². The predicted octanol–water partition coefficient (Wildman–Crippen LogP) is 3.88. The van der Waals surface area contributed by atoms with E-state index >= 15 is 0 Å². The van der Waals surface area contributed by atoms with Crippen molar-refractivity contribution in [3.05, 3.63) is 35.9 Å². The van der Waals surface area contributed by atoms with Gasteiger partial charge in [-0.3, -0.25) is 0 Å². The first kappa shape index (κ1) is 20.5. The first-order valence-electron chi connectivity index (χ1n) is 8.98. The highest BCUT2D eigenvalue weighted by atomic mass is 16.3. The molecule has 0 bridgehead atoms. The molecule has 0 saturated carbocycles. The number of rotatable bonds is 8. The minimum Gasteiger partial charge on any atom is -0.391 e. The number of nitrogens with one attached hydrogen (secondary N) is 2. The van der Waals surface area contributed by atoms with Crippen molar-refractivity contribution in [3.63, 3.8) is 0 Å². The Balaban J connectivity index is 2.60. The van der Waals surface area contributed by atoms with Crippen LogP contribution in [-0.4, -0.2) is 28.8 Å². The third kappa shape index (κ3) is 8.92. The summed E-state index contributed by atoms with van der Waals surface area (Å²) >= 11 is 0. The Morgan fingerprint density at radius 2 is 1.71 bits per heavy atom. The van der Waals surface area contributed by atoms with Gasteiger partial charge in [0, 0.05) is 5.54 Å². The van der Waals surface area contributed by atoms with Crippen LogP contribution in [0.1, 0.15) is 59.4 Å². The second-order valence-corrected chi connectivity index (χ2v) is 8.02. The van der Waals surface area contributed by atoms with Crippen LogP contribution in [0.25, 0.3) is 0 Å². The molecule has 0 aromatic heterocycles. The van der Waals surface area contributed by atoms with Gasteiger partial charge in [-0.15, -0.1) is 0 Å². The number of hydrogen-bond acceptors (Lipinski definition) is 2. The van der Waals surface area contributed by atoms with Gasteiger partial charge in [0.2, 0.25) is 0 Å². The zero-order chi connectivity index (χ0) is 18.2. The molecule has 0 aliphatic rings. The van der Waals surface area contributed by atoms with Gasteiger partial charge in [0.25, 0.3) is 0 Å². The molecule has 3 N–H and O–H groups in total. The summed E-state index contributed by atoms with van der Waals surface area (Å²) in [6.45, 7) is 10.1. The lowest BCUT2D eigenvalue weighted by Gasteiger charge is -2.28. The molecule has 4 nitrogen and oxygen atoms in total. The quantitative estimate of drug-likeness (QED) is 0.675. The Morgan fingerprint density at radius 1 is 1.08 bits per heavy atom. The Kier molecular flexibility index (Phi) is 8.26. The predicted molar refractivity (Wildman–Crippen MR) is 100 cm³/mol. The number of aryl methyl sites for hydroxylation is 1. The van der Waals surface area contributed by atoms with E-state index in [-0.39, 0.29) is 17.6 Å². The Hall–Kier alpha value is -1.55. The van der Waals surface area contributed by atoms with Crippen LogP contribution in [0.4, 0.5) is 4.79 Å². The molecule has 0 aliphatic carbocycles. The van der Waals surface area contributed by atoms with Crippen molar-refractivity contribution in [1.29, 1.82) is 0 Å². The van der Waals surface area contributed by atoms with Crippen molar-refractivity contribution in [1.82, 2.24) is 10.6 Å². The SMILES string of the molecule is CC(C)CCC(NC(=O)NC(C)(C)C)C(O)CCc1ccccc1. The molecule has 24 heavy (non-hydrogen) atoms. The van der Waals surface area contributed by atoms with E-state index in [1.807, 2.05) is 39.0 Å². The van der Waals surface area contributed by atoms with Gasteiger partial charge in [0.05, 0.1) is 12.1 Å². The number of benzene rings is 1. The molecule has 0 heterocycles. The molecule has 0 aliphatic heterocycles. The van der Waals surface area contributed by atoms with E-state index in [0.29, 0.717) is 12.3 Å². The highest BCUT2D eigenvalue weighted by Crippen LogP contribution is 2.14. The molecule has 1 rings (SSSR count). The van der Waals surface area contributed by atoms with Crippen molar-refractivity contribution in [2.45, 2.75) is 78.0 Å². The molecule has 2 atom stereocenters. The fourth-order valence-electron chi connectivity index (χ4n) is 2.58. The van der Waals surface area contributed by atoms with Crippen LogP contribution in [0.3, 0.4) is 0 Å². The van der Waals surface area contributed by atoms with Crippen LogP contribution < -0.4 is 10.6 Å². The zero-order valence-corrected chi connectivity index (χ0v) is 15.8. The summed E-state index contributed by atoms with van der Waals surface area (Å²) in [6, 6.07) is 9.70. The van der Waals surface area contributed by atoms with Crippen LogP contribution in [0.2, 0.25) is 0 Å². The normalized spacial score (nSPS) is 14.3. The molecule has 2 unspecified atom stereocenters. The number of hydrogen-bond donors (Lipinski definition) is 3. The summed E-state index contributed by atoms with van der Waals surface area (Å²) in [4.78, 5) is 12.2. The monoisotopic (exact) mass is 334 g/mol. The summed E-state index contributed by atoms with van der Waals surface area (Å²) in [5.41, 5.74) is 0.917. The van der Waals surface area contributed by atoms with Crippen LogP contribution in [-0.2, 0) is 6.42 Å². The summed E-state index contributed by atoms with van der Waals surface area (Å²) in [7, 11) is 0. The van der Waals surface area contributed by atoms with Crippen molar-refractivity contribution in [2.75, 3.05) is 0 Å². The van der Waals surface area contributed by atoms with E-state index < -0.39 is 6.10 Å². The van der Waals surface area contributed by atoms with Crippen molar-refractivity contribution >= 4 is 6.03 Å². The van der Waals surface area contributed by atoms with Crippen LogP contribution in [0, 0.1) is 5.92 Å².